The quantitative estimate of drug-likeness (QED) is 0.937. The van der Waals surface area contributed by atoms with Gasteiger partial charge in [0.15, 0.2) is 0 Å². The summed E-state index contributed by atoms with van der Waals surface area (Å²) in [5.74, 6) is 0.161. The Morgan fingerprint density at radius 1 is 1.28 bits per heavy atom. The molecular formula is C13H12BrFN2O. The Morgan fingerprint density at radius 3 is 2.83 bits per heavy atom. The predicted molar refractivity (Wildman–Crippen MR) is 72.2 cm³/mol. The number of rotatable bonds is 4. The van der Waals surface area contributed by atoms with Crippen LogP contribution in [0.1, 0.15) is 5.56 Å². The summed E-state index contributed by atoms with van der Waals surface area (Å²) in [4.78, 5) is 4.06. The predicted octanol–water partition coefficient (Wildman–Crippen LogP) is 3.60. The highest BCUT2D eigenvalue weighted by molar-refractivity contribution is 9.10. The molecule has 0 saturated heterocycles. The summed E-state index contributed by atoms with van der Waals surface area (Å²) < 4.78 is 19.2. The molecule has 0 radical (unpaired) electrons. The largest absolute Gasteiger partial charge is 0.497 e. The van der Waals surface area contributed by atoms with Gasteiger partial charge in [0, 0.05) is 41.2 Å². The van der Waals surface area contributed by atoms with E-state index in [2.05, 4.69) is 26.2 Å². The van der Waals surface area contributed by atoms with E-state index in [4.69, 9.17) is 4.74 Å². The molecular weight excluding hydrogens is 299 g/mol. The molecule has 0 saturated carbocycles. The van der Waals surface area contributed by atoms with Crippen molar-refractivity contribution in [2.24, 2.45) is 0 Å². The molecule has 1 aromatic heterocycles. The summed E-state index contributed by atoms with van der Waals surface area (Å²) >= 11 is 3.35. The second-order valence-electron chi connectivity index (χ2n) is 3.74. The molecule has 0 atom stereocenters. The van der Waals surface area contributed by atoms with E-state index in [9.17, 15) is 4.39 Å². The third-order valence-electron chi connectivity index (χ3n) is 2.37. The first-order valence-electron chi connectivity index (χ1n) is 5.35. The molecule has 2 rings (SSSR count). The van der Waals surface area contributed by atoms with Crippen molar-refractivity contribution in [2.45, 2.75) is 6.54 Å². The highest BCUT2D eigenvalue weighted by Crippen LogP contribution is 2.20. The van der Waals surface area contributed by atoms with E-state index in [-0.39, 0.29) is 5.82 Å². The molecule has 0 amide bonds. The molecule has 0 fully saturated rings. The van der Waals surface area contributed by atoms with E-state index >= 15 is 0 Å². The Kier molecular flexibility index (Phi) is 4.15. The first kappa shape index (κ1) is 12.8. The molecule has 3 nitrogen and oxygen atoms in total. The molecule has 0 spiro atoms. The van der Waals surface area contributed by atoms with Gasteiger partial charge in [0.25, 0.3) is 0 Å². The van der Waals surface area contributed by atoms with Crippen LogP contribution in [0.25, 0.3) is 0 Å². The van der Waals surface area contributed by atoms with Gasteiger partial charge in [-0.1, -0.05) is 0 Å². The van der Waals surface area contributed by atoms with Gasteiger partial charge in [0.05, 0.1) is 7.11 Å². The van der Waals surface area contributed by atoms with Crippen molar-refractivity contribution in [3.05, 3.63) is 52.5 Å². The SMILES string of the molecule is COc1cc(F)cc(NCc2cncc(Br)c2)c1. The van der Waals surface area contributed by atoms with Crippen LogP contribution in [-0.4, -0.2) is 12.1 Å². The fraction of sp³-hybridized carbons (Fsp3) is 0.154. The van der Waals surface area contributed by atoms with Crippen LogP contribution in [0.3, 0.4) is 0 Å². The van der Waals surface area contributed by atoms with E-state index in [1.54, 1.807) is 18.5 Å². The molecule has 18 heavy (non-hydrogen) atoms. The van der Waals surface area contributed by atoms with Crippen LogP contribution in [0.5, 0.6) is 5.75 Å². The highest BCUT2D eigenvalue weighted by Gasteiger charge is 2.01. The average molecular weight is 311 g/mol. The second-order valence-corrected chi connectivity index (χ2v) is 4.66. The zero-order valence-corrected chi connectivity index (χ0v) is 11.4. The number of anilines is 1. The third kappa shape index (κ3) is 3.43. The van der Waals surface area contributed by atoms with Gasteiger partial charge in [0.2, 0.25) is 0 Å². The number of halogens is 2. The molecule has 1 heterocycles. The average Bonchev–Trinajstić information content (AvgIpc) is 2.36. The molecule has 0 bridgehead atoms. The minimum Gasteiger partial charge on any atom is -0.497 e. The maximum Gasteiger partial charge on any atom is 0.128 e. The van der Waals surface area contributed by atoms with Crippen LogP contribution >= 0.6 is 15.9 Å². The molecule has 0 aliphatic rings. The monoisotopic (exact) mass is 310 g/mol. The summed E-state index contributed by atoms with van der Waals surface area (Å²) in [7, 11) is 1.51. The molecule has 1 N–H and O–H groups in total. The zero-order chi connectivity index (χ0) is 13.0. The Bertz CT molecular complexity index is 548. The minimum absolute atomic E-state index is 0.329. The number of hydrogen-bond donors (Lipinski definition) is 1. The fourth-order valence-corrected chi connectivity index (χ4v) is 1.95. The Balaban J connectivity index is 2.08. The van der Waals surface area contributed by atoms with Crippen molar-refractivity contribution in [3.8, 4) is 5.75 Å². The molecule has 94 valence electrons. The van der Waals surface area contributed by atoms with Gasteiger partial charge in [-0.05, 0) is 33.6 Å². The number of hydrogen-bond acceptors (Lipinski definition) is 3. The van der Waals surface area contributed by atoms with Gasteiger partial charge in [0.1, 0.15) is 11.6 Å². The van der Waals surface area contributed by atoms with Crippen molar-refractivity contribution < 1.29 is 9.13 Å². The fourth-order valence-electron chi connectivity index (χ4n) is 1.54. The number of nitrogens with zero attached hydrogens (tertiary/aromatic N) is 1. The Hall–Kier alpha value is -1.62. The Morgan fingerprint density at radius 2 is 2.11 bits per heavy atom. The second kappa shape index (κ2) is 5.82. The number of benzene rings is 1. The number of aromatic nitrogens is 1. The van der Waals surface area contributed by atoms with Crippen molar-refractivity contribution in [2.75, 3.05) is 12.4 Å². The van der Waals surface area contributed by atoms with Crippen LogP contribution in [0.15, 0.2) is 41.1 Å². The van der Waals surface area contributed by atoms with Crippen LogP contribution in [0.4, 0.5) is 10.1 Å². The highest BCUT2D eigenvalue weighted by atomic mass is 79.9. The molecule has 0 aliphatic carbocycles. The van der Waals surface area contributed by atoms with Crippen LogP contribution in [-0.2, 0) is 6.54 Å². The lowest BCUT2D eigenvalue weighted by Crippen LogP contribution is -2.00. The van der Waals surface area contributed by atoms with Gasteiger partial charge >= 0.3 is 0 Å². The van der Waals surface area contributed by atoms with Gasteiger partial charge < -0.3 is 10.1 Å². The third-order valence-corrected chi connectivity index (χ3v) is 2.80. The topological polar surface area (TPSA) is 34.1 Å². The van der Waals surface area contributed by atoms with Gasteiger partial charge in [-0.3, -0.25) is 4.98 Å². The van der Waals surface area contributed by atoms with E-state index in [0.717, 1.165) is 10.0 Å². The maximum absolute atomic E-state index is 13.3. The standard InChI is InChI=1S/C13H12BrFN2O/c1-18-13-4-11(15)3-12(5-13)17-7-9-2-10(14)8-16-6-9/h2-6,8,17H,7H2,1H3. The van der Waals surface area contributed by atoms with E-state index < -0.39 is 0 Å². The first-order valence-corrected chi connectivity index (χ1v) is 6.14. The van der Waals surface area contributed by atoms with Crippen molar-refractivity contribution in [3.63, 3.8) is 0 Å². The molecule has 0 unspecified atom stereocenters. The minimum atomic E-state index is -0.329. The van der Waals surface area contributed by atoms with E-state index in [0.29, 0.717) is 18.0 Å². The Labute approximate surface area is 113 Å². The maximum atomic E-state index is 13.3. The van der Waals surface area contributed by atoms with Crippen LogP contribution < -0.4 is 10.1 Å². The molecule has 2 aromatic rings. The number of methoxy groups -OCH3 is 1. The van der Waals surface area contributed by atoms with E-state index in [1.807, 2.05) is 6.07 Å². The van der Waals surface area contributed by atoms with Gasteiger partial charge in [-0.25, -0.2) is 4.39 Å². The lowest BCUT2D eigenvalue weighted by molar-refractivity contribution is 0.411. The summed E-state index contributed by atoms with van der Waals surface area (Å²) in [6.45, 7) is 0.568. The molecule has 1 aromatic carbocycles. The van der Waals surface area contributed by atoms with Crippen LogP contribution in [0, 0.1) is 5.82 Å². The van der Waals surface area contributed by atoms with Gasteiger partial charge in [-0.15, -0.1) is 0 Å². The normalized spacial score (nSPS) is 10.2. The molecule has 0 aliphatic heterocycles. The zero-order valence-electron chi connectivity index (χ0n) is 9.78. The lowest BCUT2D eigenvalue weighted by atomic mass is 10.2. The summed E-state index contributed by atoms with van der Waals surface area (Å²) in [5.41, 5.74) is 1.68. The van der Waals surface area contributed by atoms with Crippen molar-refractivity contribution in [1.82, 2.24) is 4.98 Å². The van der Waals surface area contributed by atoms with Crippen molar-refractivity contribution in [1.29, 1.82) is 0 Å². The smallest absolute Gasteiger partial charge is 0.128 e. The number of pyridine rings is 1. The number of nitrogens with one attached hydrogen (secondary N) is 1. The summed E-state index contributed by atoms with van der Waals surface area (Å²) in [6.07, 6.45) is 3.48. The summed E-state index contributed by atoms with van der Waals surface area (Å²) in [6, 6.07) is 6.46. The summed E-state index contributed by atoms with van der Waals surface area (Å²) in [5, 5.41) is 3.12. The first-order chi connectivity index (χ1) is 8.67. The number of ether oxygens (including phenoxy) is 1. The lowest BCUT2D eigenvalue weighted by Gasteiger charge is -2.08. The van der Waals surface area contributed by atoms with Gasteiger partial charge in [-0.2, -0.15) is 0 Å². The van der Waals surface area contributed by atoms with Crippen LogP contribution in [0.2, 0.25) is 0 Å². The van der Waals surface area contributed by atoms with Crippen molar-refractivity contribution >= 4 is 21.6 Å². The molecule has 5 heteroatoms. The van der Waals surface area contributed by atoms with E-state index in [1.165, 1.54) is 19.2 Å².